The van der Waals surface area contributed by atoms with Gasteiger partial charge in [-0.3, -0.25) is 0 Å². The first-order valence-electron chi connectivity index (χ1n) is 9.73. The lowest BCUT2D eigenvalue weighted by Gasteiger charge is -2.16. The van der Waals surface area contributed by atoms with Crippen LogP contribution in [0.4, 0.5) is 0 Å². The fourth-order valence-electron chi connectivity index (χ4n) is 4.00. The maximum absolute atomic E-state index is 5.60. The van der Waals surface area contributed by atoms with Crippen LogP contribution in [-0.4, -0.2) is 31.1 Å². The lowest BCUT2D eigenvalue weighted by Crippen LogP contribution is -2.02. The Hall–Kier alpha value is -2.95. The minimum atomic E-state index is 0.602. The molecular formula is C23H26N2O3. The second-order valence-electron chi connectivity index (χ2n) is 7.00. The normalized spacial score (nSPS) is 13.5. The Balaban J connectivity index is 1.97. The topological polar surface area (TPSA) is 45.5 Å². The molecule has 1 heterocycles. The average molecular weight is 378 g/mol. The van der Waals surface area contributed by atoms with E-state index in [2.05, 4.69) is 16.8 Å². The van der Waals surface area contributed by atoms with Crippen LogP contribution in [0.5, 0.6) is 17.2 Å². The number of aryl methyl sites for hydroxylation is 1. The van der Waals surface area contributed by atoms with Gasteiger partial charge in [0, 0.05) is 11.1 Å². The molecule has 1 aliphatic carbocycles. The molecule has 0 bridgehead atoms. The second kappa shape index (κ2) is 7.97. The SMILES string of the molecule is COc1cc(-c2c3c(nn2-c2ccccc2)CCCCC3)cc(OC)c1OC. The Bertz CT molecular complexity index is 938. The number of ether oxygens (including phenoxy) is 3. The molecule has 3 aromatic rings. The molecule has 0 N–H and O–H groups in total. The summed E-state index contributed by atoms with van der Waals surface area (Å²) >= 11 is 0. The van der Waals surface area contributed by atoms with Crippen LogP contribution in [0, 0.1) is 0 Å². The molecule has 146 valence electrons. The molecular weight excluding hydrogens is 352 g/mol. The number of methoxy groups -OCH3 is 3. The number of fused-ring (bicyclic) bond motifs is 1. The Morgan fingerprint density at radius 2 is 1.50 bits per heavy atom. The van der Waals surface area contributed by atoms with E-state index in [-0.39, 0.29) is 0 Å². The first-order chi connectivity index (χ1) is 13.8. The molecule has 0 spiro atoms. The van der Waals surface area contributed by atoms with Gasteiger partial charge < -0.3 is 14.2 Å². The molecule has 0 saturated carbocycles. The zero-order valence-electron chi connectivity index (χ0n) is 16.7. The van der Waals surface area contributed by atoms with Crippen molar-refractivity contribution in [1.82, 2.24) is 9.78 Å². The van der Waals surface area contributed by atoms with Crippen molar-refractivity contribution >= 4 is 0 Å². The summed E-state index contributed by atoms with van der Waals surface area (Å²) in [6, 6.07) is 14.3. The largest absolute Gasteiger partial charge is 0.493 e. The molecule has 0 amide bonds. The highest BCUT2D eigenvalue weighted by atomic mass is 16.5. The summed E-state index contributed by atoms with van der Waals surface area (Å²) in [6.45, 7) is 0. The highest BCUT2D eigenvalue weighted by Crippen LogP contribution is 2.43. The Morgan fingerprint density at radius 3 is 2.14 bits per heavy atom. The van der Waals surface area contributed by atoms with E-state index in [0.717, 1.165) is 29.8 Å². The van der Waals surface area contributed by atoms with Crippen molar-refractivity contribution in [2.75, 3.05) is 21.3 Å². The van der Waals surface area contributed by atoms with Gasteiger partial charge in [0.05, 0.1) is 38.4 Å². The van der Waals surface area contributed by atoms with E-state index in [1.54, 1.807) is 21.3 Å². The zero-order valence-corrected chi connectivity index (χ0v) is 16.7. The van der Waals surface area contributed by atoms with Crippen molar-refractivity contribution < 1.29 is 14.2 Å². The van der Waals surface area contributed by atoms with Gasteiger partial charge in [0.2, 0.25) is 5.75 Å². The van der Waals surface area contributed by atoms with Crippen LogP contribution in [0.2, 0.25) is 0 Å². The second-order valence-corrected chi connectivity index (χ2v) is 7.00. The van der Waals surface area contributed by atoms with E-state index >= 15 is 0 Å². The van der Waals surface area contributed by atoms with Crippen LogP contribution in [0.1, 0.15) is 30.5 Å². The van der Waals surface area contributed by atoms with Crippen LogP contribution in [0.15, 0.2) is 42.5 Å². The van der Waals surface area contributed by atoms with Crippen LogP contribution in [0.25, 0.3) is 16.9 Å². The lowest BCUT2D eigenvalue weighted by molar-refractivity contribution is 0.324. The van der Waals surface area contributed by atoms with E-state index in [4.69, 9.17) is 19.3 Å². The van der Waals surface area contributed by atoms with Gasteiger partial charge in [-0.1, -0.05) is 24.6 Å². The van der Waals surface area contributed by atoms with E-state index in [1.807, 2.05) is 30.3 Å². The standard InChI is InChI=1S/C23H26N2O3/c1-26-20-14-16(15-21(27-2)23(20)28-3)22-18-12-8-5-9-13-19(18)24-25(22)17-10-6-4-7-11-17/h4,6-7,10-11,14-15H,5,8-9,12-13H2,1-3H3. The van der Waals surface area contributed by atoms with E-state index in [1.165, 1.54) is 30.5 Å². The van der Waals surface area contributed by atoms with Gasteiger partial charge in [-0.2, -0.15) is 5.10 Å². The average Bonchev–Trinajstić information content (AvgIpc) is 2.95. The molecule has 0 unspecified atom stereocenters. The summed E-state index contributed by atoms with van der Waals surface area (Å²) in [5, 5.41) is 5.01. The van der Waals surface area contributed by atoms with E-state index < -0.39 is 0 Å². The Labute approximate surface area is 165 Å². The summed E-state index contributed by atoms with van der Waals surface area (Å²) in [4.78, 5) is 0. The summed E-state index contributed by atoms with van der Waals surface area (Å²) in [6.07, 6.45) is 5.68. The van der Waals surface area contributed by atoms with Crippen molar-refractivity contribution in [1.29, 1.82) is 0 Å². The van der Waals surface area contributed by atoms with Gasteiger partial charge in [-0.05, 0) is 49.9 Å². The highest BCUT2D eigenvalue weighted by Gasteiger charge is 2.24. The third-order valence-electron chi connectivity index (χ3n) is 5.35. The van der Waals surface area contributed by atoms with Gasteiger partial charge >= 0.3 is 0 Å². The van der Waals surface area contributed by atoms with Gasteiger partial charge in [-0.15, -0.1) is 0 Å². The molecule has 1 aromatic heterocycles. The van der Waals surface area contributed by atoms with Crippen molar-refractivity contribution in [3.63, 3.8) is 0 Å². The monoisotopic (exact) mass is 378 g/mol. The molecule has 0 fully saturated rings. The molecule has 0 atom stereocenters. The smallest absolute Gasteiger partial charge is 0.203 e. The van der Waals surface area contributed by atoms with Gasteiger partial charge in [0.25, 0.3) is 0 Å². The van der Waals surface area contributed by atoms with Crippen LogP contribution >= 0.6 is 0 Å². The summed E-state index contributed by atoms with van der Waals surface area (Å²) in [7, 11) is 4.92. The minimum Gasteiger partial charge on any atom is -0.493 e. The first-order valence-corrected chi connectivity index (χ1v) is 9.73. The summed E-state index contributed by atoms with van der Waals surface area (Å²) in [5.41, 5.74) is 5.72. The number of rotatable bonds is 5. The maximum Gasteiger partial charge on any atom is 0.203 e. The number of hydrogen-bond acceptors (Lipinski definition) is 4. The predicted molar refractivity (Wildman–Crippen MR) is 110 cm³/mol. The van der Waals surface area contributed by atoms with E-state index in [0.29, 0.717) is 17.2 Å². The number of nitrogens with zero attached hydrogens (tertiary/aromatic N) is 2. The summed E-state index contributed by atoms with van der Waals surface area (Å²) < 4.78 is 18.8. The zero-order chi connectivity index (χ0) is 19.5. The summed E-state index contributed by atoms with van der Waals surface area (Å²) in [5.74, 6) is 1.91. The molecule has 0 saturated heterocycles. The Kier molecular flexibility index (Phi) is 5.24. The van der Waals surface area contributed by atoms with Crippen LogP contribution in [0.3, 0.4) is 0 Å². The number of benzene rings is 2. The van der Waals surface area contributed by atoms with Gasteiger partial charge in [0.1, 0.15) is 0 Å². The quantitative estimate of drug-likeness (QED) is 0.596. The molecule has 0 aliphatic heterocycles. The molecule has 2 aromatic carbocycles. The number of para-hydroxylation sites is 1. The molecule has 1 aliphatic rings. The third kappa shape index (κ3) is 3.21. The van der Waals surface area contributed by atoms with Crippen LogP contribution < -0.4 is 14.2 Å². The van der Waals surface area contributed by atoms with Crippen molar-refractivity contribution in [2.45, 2.75) is 32.1 Å². The minimum absolute atomic E-state index is 0.602. The molecule has 4 rings (SSSR count). The van der Waals surface area contributed by atoms with Crippen molar-refractivity contribution in [2.24, 2.45) is 0 Å². The van der Waals surface area contributed by atoms with Crippen LogP contribution in [-0.2, 0) is 12.8 Å². The fraction of sp³-hybridized carbons (Fsp3) is 0.348. The van der Waals surface area contributed by atoms with Gasteiger partial charge in [-0.25, -0.2) is 4.68 Å². The molecule has 5 heteroatoms. The van der Waals surface area contributed by atoms with Crippen molar-refractivity contribution in [3.05, 3.63) is 53.7 Å². The molecule has 5 nitrogen and oxygen atoms in total. The molecule has 0 radical (unpaired) electrons. The predicted octanol–water partition coefficient (Wildman–Crippen LogP) is 4.83. The van der Waals surface area contributed by atoms with Gasteiger partial charge in [0.15, 0.2) is 11.5 Å². The Morgan fingerprint density at radius 1 is 0.821 bits per heavy atom. The highest BCUT2D eigenvalue weighted by molar-refractivity contribution is 5.73. The number of hydrogen-bond donors (Lipinski definition) is 0. The molecule has 28 heavy (non-hydrogen) atoms. The maximum atomic E-state index is 5.60. The van der Waals surface area contributed by atoms with E-state index in [9.17, 15) is 0 Å². The first kappa shape index (κ1) is 18.4. The fourth-order valence-corrected chi connectivity index (χ4v) is 4.00. The number of aromatic nitrogens is 2. The van der Waals surface area contributed by atoms with Crippen molar-refractivity contribution in [3.8, 4) is 34.2 Å². The third-order valence-corrected chi connectivity index (χ3v) is 5.35. The lowest BCUT2D eigenvalue weighted by atomic mass is 10.0.